The van der Waals surface area contributed by atoms with Gasteiger partial charge >= 0.3 is 0 Å². The maximum Gasteiger partial charge on any atom is 0.0630 e. The van der Waals surface area contributed by atoms with E-state index in [1.807, 2.05) is 7.11 Å². The summed E-state index contributed by atoms with van der Waals surface area (Å²) in [5.41, 5.74) is 0. The number of ether oxygens (including phenoxy) is 1. The Morgan fingerprint density at radius 2 is 1.94 bits per heavy atom. The van der Waals surface area contributed by atoms with Gasteiger partial charge in [-0.2, -0.15) is 0 Å². The predicted octanol–water partition coefficient (Wildman–Crippen LogP) is 2.26. The first kappa shape index (κ1) is 14.9. The van der Waals surface area contributed by atoms with Gasteiger partial charge in [0.15, 0.2) is 0 Å². The first-order valence-electron chi connectivity index (χ1n) is 7.17. The van der Waals surface area contributed by atoms with Crippen LogP contribution in [0.2, 0.25) is 0 Å². The van der Waals surface area contributed by atoms with Crippen LogP contribution in [0.25, 0.3) is 0 Å². The first-order valence-corrected chi connectivity index (χ1v) is 7.17. The molecule has 3 nitrogen and oxygen atoms in total. The lowest BCUT2D eigenvalue weighted by Gasteiger charge is -2.36. The average Bonchev–Trinajstić information content (AvgIpc) is 2.80. The Kier molecular flexibility index (Phi) is 7.09. The highest BCUT2D eigenvalue weighted by atomic mass is 16.5. The average molecular weight is 242 g/mol. The van der Waals surface area contributed by atoms with Crippen molar-refractivity contribution in [3.8, 4) is 0 Å². The molecule has 3 heteroatoms. The van der Waals surface area contributed by atoms with Gasteiger partial charge in [-0.25, -0.2) is 0 Å². The molecule has 0 spiro atoms. The molecule has 102 valence electrons. The van der Waals surface area contributed by atoms with E-state index in [4.69, 9.17) is 4.74 Å². The number of methoxy groups -OCH3 is 1. The summed E-state index contributed by atoms with van der Waals surface area (Å²) in [4.78, 5) is 2.64. The fourth-order valence-electron chi connectivity index (χ4n) is 2.89. The van der Waals surface area contributed by atoms with E-state index in [2.05, 4.69) is 31.0 Å². The molecule has 1 fully saturated rings. The Bertz CT molecular complexity index is 191. The lowest BCUT2D eigenvalue weighted by molar-refractivity contribution is 0.0641. The van der Waals surface area contributed by atoms with Crippen molar-refractivity contribution in [2.45, 2.75) is 64.6 Å². The molecule has 1 aliphatic carbocycles. The van der Waals surface area contributed by atoms with Crippen molar-refractivity contribution >= 4 is 0 Å². The van der Waals surface area contributed by atoms with Gasteiger partial charge in [0.2, 0.25) is 0 Å². The number of nitrogens with zero attached hydrogens (tertiary/aromatic N) is 1. The Hall–Kier alpha value is -0.120. The van der Waals surface area contributed by atoms with Crippen molar-refractivity contribution in [2.24, 2.45) is 0 Å². The minimum absolute atomic E-state index is 0.524. The van der Waals surface area contributed by atoms with Crippen LogP contribution in [-0.2, 0) is 4.74 Å². The van der Waals surface area contributed by atoms with Crippen LogP contribution in [0.15, 0.2) is 0 Å². The van der Waals surface area contributed by atoms with Crippen molar-refractivity contribution in [1.29, 1.82) is 0 Å². The van der Waals surface area contributed by atoms with Gasteiger partial charge in [0, 0.05) is 31.8 Å². The molecule has 1 aliphatic rings. The summed E-state index contributed by atoms with van der Waals surface area (Å²) in [6.45, 7) is 9.69. The smallest absolute Gasteiger partial charge is 0.0630 e. The van der Waals surface area contributed by atoms with E-state index in [9.17, 15) is 0 Å². The summed E-state index contributed by atoms with van der Waals surface area (Å²) in [5, 5.41) is 3.55. The van der Waals surface area contributed by atoms with E-state index < -0.39 is 0 Å². The zero-order valence-corrected chi connectivity index (χ0v) is 12.0. The van der Waals surface area contributed by atoms with Crippen LogP contribution < -0.4 is 5.32 Å². The molecular formula is C14H30N2O. The normalized spacial score (nSPS) is 19.4. The third-order valence-corrected chi connectivity index (χ3v) is 3.75. The fourth-order valence-corrected chi connectivity index (χ4v) is 2.89. The third-order valence-electron chi connectivity index (χ3n) is 3.75. The Labute approximate surface area is 107 Å². The highest BCUT2D eigenvalue weighted by Crippen LogP contribution is 2.24. The van der Waals surface area contributed by atoms with Gasteiger partial charge in [-0.05, 0) is 19.4 Å². The maximum atomic E-state index is 5.40. The molecule has 0 heterocycles. The van der Waals surface area contributed by atoms with Crippen molar-refractivity contribution < 1.29 is 4.74 Å². The topological polar surface area (TPSA) is 24.5 Å². The summed E-state index contributed by atoms with van der Waals surface area (Å²) in [6.07, 6.45) is 5.54. The van der Waals surface area contributed by atoms with Crippen molar-refractivity contribution in [3.05, 3.63) is 0 Å². The monoisotopic (exact) mass is 242 g/mol. The van der Waals surface area contributed by atoms with Crippen molar-refractivity contribution in [1.82, 2.24) is 10.2 Å². The quantitative estimate of drug-likeness (QED) is 0.706. The molecule has 1 atom stereocenters. The van der Waals surface area contributed by atoms with Gasteiger partial charge in [0.05, 0.1) is 6.61 Å². The molecule has 0 aromatic carbocycles. The van der Waals surface area contributed by atoms with E-state index in [-0.39, 0.29) is 0 Å². The minimum Gasteiger partial charge on any atom is -0.383 e. The van der Waals surface area contributed by atoms with E-state index in [1.165, 1.54) is 25.7 Å². The van der Waals surface area contributed by atoms with Gasteiger partial charge in [-0.15, -0.1) is 0 Å². The third kappa shape index (κ3) is 4.94. The Morgan fingerprint density at radius 3 is 2.41 bits per heavy atom. The Morgan fingerprint density at radius 1 is 1.29 bits per heavy atom. The highest BCUT2D eigenvalue weighted by molar-refractivity contribution is 4.83. The van der Waals surface area contributed by atoms with Crippen LogP contribution in [0.3, 0.4) is 0 Å². The van der Waals surface area contributed by atoms with Crippen LogP contribution in [0.4, 0.5) is 0 Å². The second-order valence-corrected chi connectivity index (χ2v) is 5.44. The molecule has 1 saturated carbocycles. The van der Waals surface area contributed by atoms with E-state index in [1.54, 1.807) is 0 Å². The van der Waals surface area contributed by atoms with E-state index in [0.717, 1.165) is 25.7 Å². The summed E-state index contributed by atoms with van der Waals surface area (Å²) in [6, 6.07) is 1.86. The van der Waals surface area contributed by atoms with Gasteiger partial charge in [0.25, 0.3) is 0 Å². The van der Waals surface area contributed by atoms with Crippen LogP contribution >= 0.6 is 0 Å². The molecule has 0 aromatic heterocycles. The fraction of sp³-hybridized carbons (Fsp3) is 1.00. The molecule has 0 amide bonds. The summed E-state index contributed by atoms with van der Waals surface area (Å²) < 4.78 is 5.40. The molecule has 1 unspecified atom stereocenters. The van der Waals surface area contributed by atoms with Crippen LogP contribution in [0, 0.1) is 0 Å². The number of rotatable bonds is 8. The summed E-state index contributed by atoms with van der Waals surface area (Å²) >= 11 is 0. The minimum atomic E-state index is 0.524. The lowest BCUT2D eigenvalue weighted by atomic mass is 10.1. The molecular weight excluding hydrogens is 212 g/mol. The van der Waals surface area contributed by atoms with E-state index >= 15 is 0 Å². The molecule has 1 rings (SSSR count). The van der Waals surface area contributed by atoms with Crippen LogP contribution in [0.1, 0.15) is 46.5 Å². The lowest BCUT2D eigenvalue weighted by Crippen LogP contribution is -2.50. The number of hydrogen-bond donors (Lipinski definition) is 1. The second kappa shape index (κ2) is 8.06. The zero-order chi connectivity index (χ0) is 12.7. The van der Waals surface area contributed by atoms with Crippen molar-refractivity contribution in [2.75, 3.05) is 26.8 Å². The molecule has 17 heavy (non-hydrogen) atoms. The standard InChI is InChI=1S/C14H30N2O/c1-5-16(13-8-6-7-9-13)14(11-17-4)10-15-12(2)3/h12-15H,5-11H2,1-4H3. The van der Waals surface area contributed by atoms with Crippen LogP contribution in [0.5, 0.6) is 0 Å². The molecule has 0 radical (unpaired) electrons. The van der Waals surface area contributed by atoms with Crippen molar-refractivity contribution in [3.63, 3.8) is 0 Å². The molecule has 1 N–H and O–H groups in total. The summed E-state index contributed by atoms with van der Waals surface area (Å²) in [7, 11) is 1.81. The largest absolute Gasteiger partial charge is 0.383 e. The molecule has 0 aliphatic heterocycles. The second-order valence-electron chi connectivity index (χ2n) is 5.44. The predicted molar refractivity (Wildman–Crippen MR) is 73.4 cm³/mol. The van der Waals surface area contributed by atoms with Gasteiger partial charge in [-0.1, -0.05) is 33.6 Å². The maximum absolute atomic E-state index is 5.40. The van der Waals surface area contributed by atoms with Gasteiger partial charge in [0.1, 0.15) is 0 Å². The molecule has 0 bridgehead atoms. The summed E-state index contributed by atoms with van der Waals surface area (Å²) in [5.74, 6) is 0. The Balaban J connectivity index is 2.51. The van der Waals surface area contributed by atoms with Gasteiger partial charge in [-0.3, -0.25) is 4.90 Å². The number of likely N-dealkylation sites (N-methyl/N-ethyl adjacent to an activating group) is 1. The first-order chi connectivity index (χ1) is 8.19. The van der Waals surface area contributed by atoms with Gasteiger partial charge < -0.3 is 10.1 Å². The number of hydrogen-bond acceptors (Lipinski definition) is 3. The van der Waals surface area contributed by atoms with Crippen LogP contribution in [-0.4, -0.2) is 49.8 Å². The zero-order valence-electron chi connectivity index (χ0n) is 12.0. The van der Waals surface area contributed by atoms with E-state index in [0.29, 0.717) is 12.1 Å². The highest BCUT2D eigenvalue weighted by Gasteiger charge is 2.27. The molecule has 0 aromatic rings. The SMILES string of the molecule is CCN(C1CCCC1)C(CNC(C)C)COC. The number of nitrogens with one attached hydrogen (secondary N) is 1. The molecule has 0 saturated heterocycles.